The highest BCUT2D eigenvalue weighted by molar-refractivity contribution is 7.87. The molecule has 3 rings (SSSR count). The van der Waals surface area contributed by atoms with E-state index < -0.39 is 39.0 Å². The van der Waals surface area contributed by atoms with Gasteiger partial charge in [0, 0.05) is 11.5 Å². The number of hydrogen-bond donors (Lipinski definition) is 0. The van der Waals surface area contributed by atoms with Gasteiger partial charge in [-0.3, -0.25) is 4.79 Å². The highest BCUT2D eigenvalue weighted by Crippen LogP contribution is 2.58. The van der Waals surface area contributed by atoms with Crippen molar-refractivity contribution >= 4 is 22.0 Å². The topological polar surface area (TPSA) is 104 Å². The summed E-state index contributed by atoms with van der Waals surface area (Å²) in [5.41, 5.74) is -0.592. The van der Waals surface area contributed by atoms with Gasteiger partial charge in [0.25, 0.3) is 0 Å². The van der Waals surface area contributed by atoms with Gasteiger partial charge in [0.1, 0.15) is 6.10 Å². The Bertz CT molecular complexity index is 701. The summed E-state index contributed by atoms with van der Waals surface area (Å²) in [6, 6.07) is -0.560. The minimum Gasteiger partial charge on any atom is -0.743 e. The first-order chi connectivity index (χ1) is 10.8. The molecule has 24 heavy (non-hydrogen) atoms. The van der Waals surface area contributed by atoms with E-state index >= 15 is 0 Å². The van der Waals surface area contributed by atoms with Gasteiger partial charge in [-0.25, -0.2) is 13.2 Å². The lowest BCUT2D eigenvalue weighted by Gasteiger charge is -2.40. The summed E-state index contributed by atoms with van der Waals surface area (Å²) in [4.78, 5) is 25.7. The Morgan fingerprint density at radius 2 is 1.88 bits per heavy atom. The molecule has 5 unspecified atom stereocenters. The van der Waals surface area contributed by atoms with Gasteiger partial charge in [0.15, 0.2) is 10.1 Å². The zero-order chi connectivity index (χ0) is 18.2. The molecule has 1 aliphatic heterocycles. The molecule has 1 saturated heterocycles. The zero-order valence-electron chi connectivity index (χ0n) is 13.4. The molecule has 0 aromatic rings. The van der Waals surface area contributed by atoms with E-state index in [0.29, 0.717) is 12.8 Å². The maximum atomic E-state index is 13.4. The maximum Gasteiger partial charge on any atom is 0.428 e. The molecule has 5 atom stereocenters. The number of esters is 1. The van der Waals surface area contributed by atoms with E-state index in [1.165, 1.54) is 0 Å². The zero-order valence-corrected chi connectivity index (χ0v) is 14.2. The SMILES string of the molecule is CC(C)(C)N1C(=O)C2CC3CC2C1C3OC(=O)C(F)(F)S(=O)(=O)[O-]. The number of hydrogen-bond acceptors (Lipinski definition) is 6. The van der Waals surface area contributed by atoms with Crippen molar-refractivity contribution in [3.8, 4) is 0 Å². The highest BCUT2D eigenvalue weighted by atomic mass is 32.2. The molecule has 7 nitrogen and oxygen atoms in total. The average Bonchev–Trinajstić information content (AvgIpc) is 2.99. The predicted molar refractivity (Wildman–Crippen MR) is 74.6 cm³/mol. The summed E-state index contributed by atoms with van der Waals surface area (Å²) >= 11 is 0. The molecule has 10 heteroatoms. The molecule has 0 radical (unpaired) electrons. The van der Waals surface area contributed by atoms with E-state index in [9.17, 15) is 31.3 Å². The molecular weight excluding hydrogens is 348 g/mol. The summed E-state index contributed by atoms with van der Waals surface area (Å²) in [5.74, 6) is -3.05. The van der Waals surface area contributed by atoms with Crippen molar-refractivity contribution in [3.05, 3.63) is 0 Å². The predicted octanol–water partition coefficient (Wildman–Crippen LogP) is 0.702. The van der Waals surface area contributed by atoms with E-state index in [-0.39, 0.29) is 23.7 Å². The van der Waals surface area contributed by atoms with Gasteiger partial charge < -0.3 is 14.2 Å². The van der Waals surface area contributed by atoms with Crippen LogP contribution in [0.1, 0.15) is 33.6 Å². The quantitative estimate of drug-likeness (QED) is 0.538. The number of likely N-dealkylation sites (tertiary alicyclic amines) is 1. The third-order valence-corrected chi connectivity index (χ3v) is 6.05. The Balaban J connectivity index is 1.88. The molecule has 0 aromatic heterocycles. The largest absolute Gasteiger partial charge is 0.743 e. The first kappa shape index (κ1) is 17.5. The van der Waals surface area contributed by atoms with E-state index in [1.54, 1.807) is 25.7 Å². The molecule has 0 N–H and O–H groups in total. The van der Waals surface area contributed by atoms with Crippen molar-refractivity contribution in [1.29, 1.82) is 0 Å². The lowest BCUT2D eigenvalue weighted by atomic mass is 9.87. The first-order valence-electron chi connectivity index (χ1n) is 7.64. The summed E-state index contributed by atoms with van der Waals surface area (Å²) in [6.45, 7) is 5.37. The van der Waals surface area contributed by atoms with Gasteiger partial charge in [0.05, 0.1) is 6.04 Å². The van der Waals surface area contributed by atoms with E-state index in [0.717, 1.165) is 0 Å². The molecule has 0 aromatic carbocycles. The van der Waals surface area contributed by atoms with Gasteiger partial charge in [0.2, 0.25) is 5.91 Å². The summed E-state index contributed by atoms with van der Waals surface area (Å²) in [7, 11) is -6.16. The third kappa shape index (κ3) is 2.26. The summed E-state index contributed by atoms with van der Waals surface area (Å²) < 4.78 is 63.4. The van der Waals surface area contributed by atoms with Gasteiger partial charge in [-0.15, -0.1) is 0 Å². The summed E-state index contributed by atoms with van der Waals surface area (Å²) in [6.07, 6.45) is -0.0429. The number of carbonyl (C=O) groups is 2. The van der Waals surface area contributed by atoms with Gasteiger partial charge in [-0.2, -0.15) is 8.78 Å². The second-order valence-corrected chi connectivity index (χ2v) is 9.13. The van der Waals surface area contributed by atoms with E-state index in [4.69, 9.17) is 4.74 Å². The fourth-order valence-corrected chi connectivity index (χ4v) is 4.72. The Hall–Kier alpha value is -1.29. The fourth-order valence-electron chi connectivity index (χ4n) is 4.47. The van der Waals surface area contributed by atoms with E-state index in [2.05, 4.69) is 0 Å². The van der Waals surface area contributed by atoms with Crippen LogP contribution >= 0.6 is 0 Å². The second kappa shape index (κ2) is 4.87. The molecule has 2 saturated carbocycles. The van der Waals surface area contributed by atoms with Crippen molar-refractivity contribution in [2.75, 3.05) is 0 Å². The Labute approximate surface area is 138 Å². The Morgan fingerprint density at radius 1 is 1.29 bits per heavy atom. The highest BCUT2D eigenvalue weighted by Gasteiger charge is 2.67. The molecule has 3 aliphatic rings. The second-order valence-electron chi connectivity index (χ2n) is 7.71. The molecule has 1 heterocycles. The molecule has 1 amide bonds. The van der Waals surface area contributed by atoms with Crippen LogP contribution in [0.25, 0.3) is 0 Å². The van der Waals surface area contributed by atoms with Crippen molar-refractivity contribution in [1.82, 2.24) is 4.90 Å². The smallest absolute Gasteiger partial charge is 0.428 e. The number of ether oxygens (including phenoxy) is 1. The van der Waals surface area contributed by atoms with Crippen molar-refractivity contribution in [3.63, 3.8) is 0 Å². The number of rotatable bonds is 3. The van der Waals surface area contributed by atoms with Crippen LogP contribution in [0.4, 0.5) is 8.78 Å². The van der Waals surface area contributed by atoms with Crippen molar-refractivity contribution < 1.29 is 36.1 Å². The molecule has 2 aliphatic carbocycles. The molecular formula is C14H18F2NO6S-. The van der Waals surface area contributed by atoms with Gasteiger partial charge in [-0.05, 0) is 45.4 Å². The van der Waals surface area contributed by atoms with Crippen molar-refractivity contribution in [2.45, 2.75) is 56.6 Å². The minimum atomic E-state index is -6.16. The number of amides is 1. The Kier molecular flexibility index (Phi) is 3.56. The number of alkyl halides is 2. The van der Waals surface area contributed by atoms with Crippen LogP contribution in [0.3, 0.4) is 0 Å². The van der Waals surface area contributed by atoms with Gasteiger partial charge in [-0.1, -0.05) is 0 Å². The number of carbonyl (C=O) groups excluding carboxylic acids is 2. The van der Waals surface area contributed by atoms with Crippen LogP contribution in [0, 0.1) is 17.8 Å². The first-order valence-corrected chi connectivity index (χ1v) is 9.05. The fraction of sp³-hybridized carbons (Fsp3) is 0.857. The molecule has 3 fully saturated rings. The number of nitrogens with zero attached hydrogens (tertiary/aromatic N) is 1. The average molecular weight is 366 g/mol. The molecule has 136 valence electrons. The normalized spacial score (nSPS) is 35.7. The monoisotopic (exact) mass is 366 g/mol. The Morgan fingerprint density at radius 3 is 2.38 bits per heavy atom. The molecule has 0 spiro atoms. The van der Waals surface area contributed by atoms with Crippen LogP contribution in [-0.2, 0) is 24.4 Å². The van der Waals surface area contributed by atoms with Crippen LogP contribution < -0.4 is 0 Å². The molecule has 2 bridgehead atoms. The van der Waals surface area contributed by atoms with Crippen molar-refractivity contribution in [2.24, 2.45) is 17.8 Å². The lowest BCUT2D eigenvalue weighted by molar-refractivity contribution is -0.173. The van der Waals surface area contributed by atoms with Crippen LogP contribution in [0.5, 0.6) is 0 Å². The minimum absolute atomic E-state index is 0.0956. The van der Waals surface area contributed by atoms with E-state index in [1.807, 2.05) is 0 Å². The maximum absolute atomic E-state index is 13.4. The van der Waals surface area contributed by atoms with Crippen LogP contribution in [0.15, 0.2) is 0 Å². The number of halogens is 2. The van der Waals surface area contributed by atoms with Crippen LogP contribution in [0.2, 0.25) is 0 Å². The summed E-state index contributed by atoms with van der Waals surface area (Å²) in [5, 5.41) is -5.14. The van der Waals surface area contributed by atoms with Crippen LogP contribution in [-0.4, -0.2) is 52.7 Å². The lowest BCUT2D eigenvalue weighted by Crippen LogP contribution is -2.53. The standard InChI is InChI=1S/C14H19F2NO6S/c1-13(2,3)17-9-7-4-6(5-8(7)11(17)18)10(9)23-12(19)14(15,16)24(20,21)22/h6-10H,4-5H2,1-3H3,(H,20,21,22)/p-1. The third-order valence-electron chi connectivity index (χ3n) is 5.26. The van der Waals surface area contributed by atoms with Gasteiger partial charge >= 0.3 is 11.2 Å². The number of fused-ring (bicyclic) bond motifs is 1.